The number of imidazole rings is 1. The van der Waals surface area contributed by atoms with E-state index in [4.69, 9.17) is 16.3 Å². The number of fused-ring (bicyclic) bond motifs is 2. The summed E-state index contributed by atoms with van der Waals surface area (Å²) >= 11 is 6.50. The van der Waals surface area contributed by atoms with E-state index >= 15 is 0 Å². The molecule has 7 rings (SSSR count). The molecular formula is C36H37ClN10O7. The van der Waals surface area contributed by atoms with Crippen molar-refractivity contribution in [3.8, 4) is 5.75 Å². The van der Waals surface area contributed by atoms with Gasteiger partial charge in [0.05, 0.1) is 28.4 Å². The fraction of sp³-hybridized carbons (Fsp3) is 0.333. The predicted molar refractivity (Wildman–Crippen MR) is 201 cm³/mol. The van der Waals surface area contributed by atoms with Crippen LogP contribution >= 0.6 is 11.6 Å². The third-order valence-corrected chi connectivity index (χ3v) is 10.1. The lowest BCUT2D eigenvalue weighted by Crippen LogP contribution is -2.44. The third-order valence-electron chi connectivity index (χ3n) is 9.85. The Morgan fingerprint density at radius 3 is 2.52 bits per heavy atom. The van der Waals surface area contributed by atoms with E-state index in [1.807, 2.05) is 11.0 Å². The number of benzene rings is 2. The molecule has 54 heavy (non-hydrogen) atoms. The van der Waals surface area contributed by atoms with Crippen molar-refractivity contribution in [1.82, 2.24) is 34.3 Å². The number of imide groups is 1. The second kappa shape index (κ2) is 14.7. The Labute approximate surface area is 312 Å². The second-order valence-electron chi connectivity index (χ2n) is 13.2. The van der Waals surface area contributed by atoms with Crippen LogP contribution in [-0.2, 0) is 33.3 Å². The Balaban J connectivity index is 1.03. The molecule has 18 heteroatoms. The van der Waals surface area contributed by atoms with Crippen LogP contribution in [0.4, 0.5) is 23.1 Å². The molecule has 4 N–H and O–H groups in total. The van der Waals surface area contributed by atoms with E-state index in [0.717, 1.165) is 0 Å². The number of anilines is 4. The number of nitrogens with one attached hydrogen (secondary N) is 4. The summed E-state index contributed by atoms with van der Waals surface area (Å²) in [7, 11) is 4.69. The number of carbonyl (C=O) groups is 4. The first kappa shape index (κ1) is 36.1. The Bertz CT molecular complexity index is 2470. The number of amides is 4. The quantitative estimate of drug-likeness (QED) is 0.161. The van der Waals surface area contributed by atoms with Gasteiger partial charge in [0.15, 0.2) is 18.2 Å². The van der Waals surface area contributed by atoms with Gasteiger partial charge in [0, 0.05) is 57.6 Å². The highest BCUT2D eigenvalue weighted by Crippen LogP contribution is 2.31. The van der Waals surface area contributed by atoms with Crippen molar-refractivity contribution in [3.05, 3.63) is 74.5 Å². The van der Waals surface area contributed by atoms with E-state index in [1.54, 1.807) is 50.5 Å². The molecule has 2 aliphatic rings. The molecule has 2 aromatic carbocycles. The summed E-state index contributed by atoms with van der Waals surface area (Å²) in [5.74, 6) is -0.947. The minimum Gasteiger partial charge on any atom is -0.478 e. The van der Waals surface area contributed by atoms with E-state index in [-0.39, 0.29) is 59.4 Å². The number of ether oxygens (including phenoxy) is 1. The lowest BCUT2D eigenvalue weighted by atomic mass is 9.96. The van der Waals surface area contributed by atoms with E-state index < -0.39 is 17.6 Å². The highest BCUT2D eigenvalue weighted by molar-refractivity contribution is 6.33. The zero-order chi connectivity index (χ0) is 38.3. The highest BCUT2D eigenvalue weighted by atomic mass is 35.5. The molecule has 1 atom stereocenters. The number of nitrogens with zero attached hydrogens (tertiary/aromatic N) is 6. The molecule has 17 nitrogen and oxygen atoms in total. The maximum atomic E-state index is 13.6. The molecule has 5 heterocycles. The lowest BCUT2D eigenvalue weighted by molar-refractivity contribution is -0.135. The van der Waals surface area contributed by atoms with Gasteiger partial charge in [-0.25, -0.2) is 9.78 Å². The number of pyridine rings is 1. The number of hydrogen-bond acceptors (Lipinski definition) is 11. The Morgan fingerprint density at radius 2 is 1.78 bits per heavy atom. The smallest absolute Gasteiger partial charge is 0.329 e. The molecule has 0 spiro atoms. The maximum absolute atomic E-state index is 13.6. The minimum atomic E-state index is -0.834. The topological polar surface area (TPSA) is 204 Å². The van der Waals surface area contributed by atoms with Gasteiger partial charge in [0.2, 0.25) is 23.7 Å². The highest BCUT2D eigenvalue weighted by Gasteiger charge is 2.32. The van der Waals surface area contributed by atoms with Crippen molar-refractivity contribution >= 4 is 80.3 Å². The molecular weight excluding hydrogens is 720 g/mol. The van der Waals surface area contributed by atoms with Crippen LogP contribution in [0.15, 0.2) is 58.3 Å². The predicted octanol–water partition coefficient (Wildman–Crippen LogP) is 2.34. The first-order valence-electron chi connectivity index (χ1n) is 17.3. The van der Waals surface area contributed by atoms with Gasteiger partial charge in [-0.05, 0) is 55.7 Å². The molecule has 2 saturated heterocycles. The molecule has 0 bridgehead atoms. The number of piperidine rings is 2. The second-order valence-corrected chi connectivity index (χ2v) is 13.6. The van der Waals surface area contributed by atoms with Crippen molar-refractivity contribution in [2.24, 2.45) is 20.0 Å². The van der Waals surface area contributed by atoms with E-state index in [0.29, 0.717) is 71.0 Å². The summed E-state index contributed by atoms with van der Waals surface area (Å²) in [6, 6.07) is 11.3. The summed E-state index contributed by atoms with van der Waals surface area (Å²) in [4.78, 5) is 86.7. The summed E-state index contributed by atoms with van der Waals surface area (Å²) in [5.41, 5.74) is 1.93. The fourth-order valence-electron chi connectivity index (χ4n) is 6.93. The maximum Gasteiger partial charge on any atom is 0.329 e. The number of aromatic nitrogens is 5. The van der Waals surface area contributed by atoms with Crippen LogP contribution in [0.25, 0.3) is 21.9 Å². The monoisotopic (exact) mass is 756 g/mol. The first-order chi connectivity index (χ1) is 25.9. The lowest BCUT2D eigenvalue weighted by Gasteiger charge is -2.31. The van der Waals surface area contributed by atoms with Gasteiger partial charge in [-0.2, -0.15) is 4.98 Å². The Kier molecular flexibility index (Phi) is 9.81. The number of para-hydroxylation sites is 1. The normalized spacial score (nSPS) is 16.4. The zero-order valence-corrected chi connectivity index (χ0v) is 30.4. The van der Waals surface area contributed by atoms with Crippen LogP contribution in [0, 0.1) is 5.92 Å². The standard InChI is InChI=1S/C36H37ClN10O7/c1-38-29(49)18-54-27-16-20-15-21(7-8-24(20)44(2)34(27)52)40-31-22(37)17-39-35(43-31)46-13-11-19(12-14-46)32(50)41-23-5-4-6-25-30(23)45(3)36(53)47(25)26-9-10-28(48)42-33(26)51/h4-8,15-17,19,26H,9-14,18H2,1-3H3,(H,38,49)(H,41,50)(H,39,40,43)(H,42,48,51). The number of hydrogen-bond donors (Lipinski definition) is 4. The molecule has 2 aliphatic heterocycles. The zero-order valence-electron chi connectivity index (χ0n) is 29.6. The van der Waals surface area contributed by atoms with Crippen LogP contribution in [0.1, 0.15) is 31.7 Å². The van der Waals surface area contributed by atoms with Gasteiger partial charge in [-0.3, -0.25) is 38.4 Å². The van der Waals surface area contributed by atoms with Gasteiger partial charge >= 0.3 is 5.69 Å². The molecule has 3 aromatic heterocycles. The molecule has 0 saturated carbocycles. The van der Waals surface area contributed by atoms with Gasteiger partial charge in [-0.1, -0.05) is 17.7 Å². The molecule has 5 aromatic rings. The SMILES string of the molecule is CNC(=O)COc1cc2cc(Nc3nc(N4CCC(C(=O)Nc5cccc6c5n(C)c(=O)n6C5CCC(=O)NC5=O)CC4)ncc3Cl)ccc2n(C)c1=O. The molecule has 1 unspecified atom stereocenters. The summed E-state index contributed by atoms with van der Waals surface area (Å²) < 4.78 is 9.70. The van der Waals surface area contributed by atoms with E-state index in [9.17, 15) is 28.8 Å². The average Bonchev–Trinajstić information content (AvgIpc) is 3.42. The summed E-state index contributed by atoms with van der Waals surface area (Å²) in [6.45, 7) is 0.700. The molecule has 0 radical (unpaired) electrons. The number of aryl methyl sites for hydroxylation is 2. The van der Waals surface area contributed by atoms with Crippen molar-refractivity contribution in [1.29, 1.82) is 0 Å². The van der Waals surface area contributed by atoms with Crippen LogP contribution in [0.5, 0.6) is 5.75 Å². The number of rotatable bonds is 9. The van der Waals surface area contributed by atoms with E-state index in [2.05, 4.69) is 31.2 Å². The van der Waals surface area contributed by atoms with Crippen LogP contribution in [0.3, 0.4) is 0 Å². The molecule has 0 aliphatic carbocycles. The van der Waals surface area contributed by atoms with Gasteiger partial charge in [0.1, 0.15) is 11.1 Å². The Morgan fingerprint density at radius 1 is 1.00 bits per heavy atom. The van der Waals surface area contributed by atoms with Crippen molar-refractivity contribution in [3.63, 3.8) is 0 Å². The van der Waals surface area contributed by atoms with Gasteiger partial charge in [-0.15, -0.1) is 0 Å². The third kappa shape index (κ3) is 6.84. The average molecular weight is 757 g/mol. The van der Waals surface area contributed by atoms with Gasteiger partial charge < -0.3 is 30.2 Å². The van der Waals surface area contributed by atoms with Crippen LogP contribution < -0.4 is 42.2 Å². The first-order valence-corrected chi connectivity index (χ1v) is 17.7. The number of likely N-dealkylation sites (N-methyl/N-ethyl adjacent to an activating group) is 1. The summed E-state index contributed by atoms with van der Waals surface area (Å²) in [6.07, 6.45) is 2.87. The van der Waals surface area contributed by atoms with Crippen molar-refractivity contribution in [2.75, 3.05) is 42.3 Å². The number of halogens is 1. The molecule has 4 amide bonds. The van der Waals surface area contributed by atoms with Crippen LogP contribution in [0.2, 0.25) is 5.02 Å². The minimum absolute atomic E-state index is 0.0386. The Hall–Kier alpha value is -6.23. The van der Waals surface area contributed by atoms with Gasteiger partial charge in [0.25, 0.3) is 11.5 Å². The van der Waals surface area contributed by atoms with E-state index in [1.165, 1.54) is 26.9 Å². The van der Waals surface area contributed by atoms with Crippen LogP contribution in [-0.4, -0.2) is 74.0 Å². The molecule has 2 fully saturated rings. The summed E-state index contributed by atoms with van der Waals surface area (Å²) in [5, 5.41) is 12.0. The van der Waals surface area contributed by atoms with Crippen molar-refractivity contribution in [2.45, 2.75) is 31.7 Å². The van der Waals surface area contributed by atoms with Crippen molar-refractivity contribution < 1.29 is 23.9 Å². The fourth-order valence-corrected chi connectivity index (χ4v) is 7.07. The number of carbonyl (C=O) groups excluding carboxylic acids is 4. The molecule has 280 valence electrons. The largest absolute Gasteiger partial charge is 0.478 e.